The van der Waals surface area contributed by atoms with Crippen LogP contribution < -0.4 is 15.5 Å². The zero-order valence-corrected chi connectivity index (χ0v) is 16.6. The molecule has 2 N–H and O–H groups in total. The van der Waals surface area contributed by atoms with Crippen molar-refractivity contribution in [3.63, 3.8) is 0 Å². The summed E-state index contributed by atoms with van der Waals surface area (Å²) in [5, 5.41) is 2.95. The summed E-state index contributed by atoms with van der Waals surface area (Å²) in [6.07, 6.45) is 3.14. The Morgan fingerprint density at radius 1 is 1.31 bits per heavy atom. The number of nitrogens with zero attached hydrogens (tertiary/aromatic N) is 3. The fraction of sp³-hybridized carbons (Fsp3) is 0.381. The van der Waals surface area contributed by atoms with Crippen LogP contribution in [0.15, 0.2) is 47.6 Å². The van der Waals surface area contributed by atoms with Crippen molar-refractivity contribution in [3.8, 4) is 5.75 Å². The molecule has 1 aromatic heterocycles. The highest BCUT2D eigenvalue weighted by Gasteiger charge is 2.40. The molecule has 1 aromatic carbocycles. The third-order valence-electron chi connectivity index (χ3n) is 5.19. The van der Waals surface area contributed by atoms with E-state index in [0.29, 0.717) is 36.7 Å². The first-order valence-electron chi connectivity index (χ1n) is 9.69. The van der Waals surface area contributed by atoms with E-state index in [1.54, 1.807) is 13.3 Å². The zero-order valence-electron chi connectivity index (χ0n) is 16.6. The van der Waals surface area contributed by atoms with Gasteiger partial charge >= 0.3 is 0 Å². The summed E-state index contributed by atoms with van der Waals surface area (Å²) in [6, 6.07) is 11.4. The van der Waals surface area contributed by atoms with Gasteiger partial charge in [0.25, 0.3) is 0 Å². The third kappa shape index (κ3) is 4.38. The van der Waals surface area contributed by atoms with Crippen molar-refractivity contribution in [2.45, 2.75) is 25.5 Å². The first-order valence-corrected chi connectivity index (χ1v) is 9.69. The van der Waals surface area contributed by atoms with E-state index in [-0.39, 0.29) is 5.91 Å². The van der Waals surface area contributed by atoms with E-state index >= 15 is 0 Å². The first-order chi connectivity index (χ1) is 14.1. The molecule has 1 amide bonds. The number of hydrogen-bond donors (Lipinski definition) is 2. The van der Waals surface area contributed by atoms with E-state index < -0.39 is 5.72 Å². The number of amides is 1. The predicted molar refractivity (Wildman–Crippen MR) is 110 cm³/mol. The van der Waals surface area contributed by atoms with E-state index in [4.69, 9.17) is 14.6 Å². The molecule has 1 saturated heterocycles. The Labute approximate surface area is 169 Å². The summed E-state index contributed by atoms with van der Waals surface area (Å²) in [6.45, 7) is 3.74. The van der Waals surface area contributed by atoms with E-state index in [1.165, 1.54) is 0 Å². The number of anilines is 1. The van der Waals surface area contributed by atoms with Crippen LogP contribution >= 0.6 is 0 Å². The molecule has 2 aromatic rings. The SMILES string of the molecule is COc1ccc(C)cc1NC(=O)CN1CCC2(CC1)N=C(c1ccccn1)NO2. The zero-order chi connectivity index (χ0) is 20.3. The van der Waals surface area contributed by atoms with Crippen molar-refractivity contribution >= 4 is 17.4 Å². The van der Waals surface area contributed by atoms with E-state index in [1.807, 2.05) is 43.3 Å². The van der Waals surface area contributed by atoms with Gasteiger partial charge in [-0.15, -0.1) is 0 Å². The molecule has 0 atom stereocenters. The van der Waals surface area contributed by atoms with Crippen LogP contribution in [0.5, 0.6) is 5.75 Å². The van der Waals surface area contributed by atoms with Crippen molar-refractivity contribution in [2.75, 3.05) is 32.1 Å². The number of rotatable bonds is 5. The Kier molecular flexibility index (Phi) is 5.46. The number of methoxy groups -OCH3 is 1. The smallest absolute Gasteiger partial charge is 0.238 e. The molecule has 8 heteroatoms. The average Bonchev–Trinajstić information content (AvgIpc) is 3.14. The van der Waals surface area contributed by atoms with Crippen LogP contribution in [-0.4, -0.2) is 54.1 Å². The molecule has 1 spiro atoms. The van der Waals surface area contributed by atoms with Crippen LogP contribution in [0, 0.1) is 6.92 Å². The third-order valence-corrected chi connectivity index (χ3v) is 5.19. The number of carbonyl (C=O) groups excluding carboxylic acids is 1. The molecule has 0 unspecified atom stereocenters. The molecular weight excluding hydrogens is 370 g/mol. The fourth-order valence-electron chi connectivity index (χ4n) is 3.59. The minimum absolute atomic E-state index is 0.0620. The van der Waals surface area contributed by atoms with Crippen LogP contribution in [0.2, 0.25) is 0 Å². The number of amidine groups is 1. The largest absolute Gasteiger partial charge is 0.495 e. The maximum absolute atomic E-state index is 12.5. The topological polar surface area (TPSA) is 88.1 Å². The summed E-state index contributed by atoms with van der Waals surface area (Å²) in [4.78, 5) is 29.5. The normalized spacial score (nSPS) is 18.2. The lowest BCUT2D eigenvalue weighted by atomic mass is 10.0. The van der Waals surface area contributed by atoms with Crippen molar-refractivity contribution < 1.29 is 14.4 Å². The summed E-state index contributed by atoms with van der Waals surface area (Å²) < 4.78 is 5.33. The summed E-state index contributed by atoms with van der Waals surface area (Å²) in [7, 11) is 1.60. The van der Waals surface area contributed by atoms with E-state index in [0.717, 1.165) is 24.3 Å². The second-order valence-corrected chi connectivity index (χ2v) is 7.35. The van der Waals surface area contributed by atoms with Crippen molar-refractivity contribution in [1.82, 2.24) is 15.4 Å². The number of piperidine rings is 1. The van der Waals surface area contributed by atoms with Gasteiger partial charge in [0.15, 0.2) is 11.6 Å². The number of carbonyl (C=O) groups is 1. The number of hydroxylamine groups is 1. The van der Waals surface area contributed by atoms with Gasteiger partial charge in [0, 0.05) is 32.1 Å². The highest BCUT2D eigenvalue weighted by Crippen LogP contribution is 2.31. The van der Waals surface area contributed by atoms with Gasteiger partial charge < -0.3 is 10.1 Å². The molecule has 29 heavy (non-hydrogen) atoms. The van der Waals surface area contributed by atoms with Crippen molar-refractivity contribution in [2.24, 2.45) is 4.99 Å². The Morgan fingerprint density at radius 3 is 2.86 bits per heavy atom. The number of aromatic nitrogens is 1. The van der Waals surface area contributed by atoms with Crippen molar-refractivity contribution in [3.05, 3.63) is 53.9 Å². The van der Waals surface area contributed by atoms with E-state index in [2.05, 4.69) is 20.7 Å². The molecule has 2 aliphatic heterocycles. The van der Waals surface area contributed by atoms with Gasteiger partial charge in [-0.05, 0) is 36.8 Å². The second kappa shape index (κ2) is 8.18. The number of aliphatic imine (C=N–C) groups is 1. The molecule has 1 fully saturated rings. The lowest BCUT2D eigenvalue weighted by Crippen LogP contribution is -2.46. The highest BCUT2D eigenvalue weighted by molar-refractivity contribution is 5.97. The maximum Gasteiger partial charge on any atom is 0.238 e. The van der Waals surface area contributed by atoms with Crippen LogP contribution in [-0.2, 0) is 9.63 Å². The fourth-order valence-corrected chi connectivity index (χ4v) is 3.59. The molecule has 0 aliphatic carbocycles. The van der Waals surface area contributed by atoms with Crippen LogP contribution in [0.25, 0.3) is 0 Å². The number of aryl methyl sites for hydroxylation is 1. The van der Waals surface area contributed by atoms with Gasteiger partial charge in [0.05, 0.1) is 19.3 Å². The number of benzene rings is 1. The first kappa shape index (κ1) is 19.4. The molecule has 0 saturated carbocycles. The standard InChI is InChI=1S/C21H25N5O3/c1-15-6-7-18(28-2)17(13-15)23-19(27)14-26-11-8-21(9-12-26)24-20(25-29-21)16-5-3-4-10-22-16/h3-7,10,13H,8-9,11-12,14H2,1-2H3,(H,23,27)(H,24,25). The average molecular weight is 395 g/mol. The number of pyridine rings is 1. The number of hydrogen-bond acceptors (Lipinski definition) is 7. The Hall–Kier alpha value is -2.97. The molecule has 2 aliphatic rings. The second-order valence-electron chi connectivity index (χ2n) is 7.35. The van der Waals surface area contributed by atoms with Gasteiger partial charge in [-0.2, -0.15) is 0 Å². The molecule has 0 bridgehead atoms. The molecule has 0 radical (unpaired) electrons. The lowest BCUT2D eigenvalue weighted by Gasteiger charge is -2.35. The van der Waals surface area contributed by atoms with Gasteiger partial charge in [-0.25, -0.2) is 15.3 Å². The number of ether oxygens (including phenoxy) is 1. The summed E-state index contributed by atoms with van der Waals surface area (Å²) >= 11 is 0. The number of nitrogens with one attached hydrogen (secondary N) is 2. The van der Waals surface area contributed by atoms with E-state index in [9.17, 15) is 4.79 Å². The summed E-state index contributed by atoms with van der Waals surface area (Å²) in [5.41, 5.74) is 4.85. The number of likely N-dealkylation sites (tertiary alicyclic amines) is 1. The quantitative estimate of drug-likeness (QED) is 0.806. The minimum Gasteiger partial charge on any atom is -0.495 e. The Morgan fingerprint density at radius 2 is 2.14 bits per heavy atom. The molecule has 152 valence electrons. The van der Waals surface area contributed by atoms with Crippen LogP contribution in [0.4, 0.5) is 5.69 Å². The minimum atomic E-state index is -0.584. The van der Waals surface area contributed by atoms with Gasteiger partial charge in [0.2, 0.25) is 5.91 Å². The molecular formula is C21H25N5O3. The Bertz CT molecular complexity index is 908. The van der Waals surface area contributed by atoms with Gasteiger partial charge in [-0.3, -0.25) is 14.7 Å². The summed E-state index contributed by atoms with van der Waals surface area (Å²) in [5.74, 6) is 1.25. The molecule has 8 nitrogen and oxygen atoms in total. The monoisotopic (exact) mass is 395 g/mol. The maximum atomic E-state index is 12.5. The predicted octanol–water partition coefficient (Wildman–Crippen LogP) is 2.11. The van der Waals surface area contributed by atoms with Crippen LogP contribution in [0.3, 0.4) is 0 Å². The van der Waals surface area contributed by atoms with Crippen LogP contribution in [0.1, 0.15) is 24.1 Å². The van der Waals surface area contributed by atoms with Gasteiger partial charge in [0.1, 0.15) is 11.4 Å². The van der Waals surface area contributed by atoms with Gasteiger partial charge in [-0.1, -0.05) is 12.1 Å². The molecule has 3 heterocycles. The highest BCUT2D eigenvalue weighted by atomic mass is 16.7. The lowest BCUT2D eigenvalue weighted by molar-refractivity contribution is -0.120. The molecule has 4 rings (SSSR count). The van der Waals surface area contributed by atoms with Crippen molar-refractivity contribution in [1.29, 1.82) is 0 Å². The Balaban J connectivity index is 1.33.